The first-order valence-electron chi connectivity index (χ1n) is 7.31. The van der Waals surface area contributed by atoms with Crippen molar-refractivity contribution in [2.24, 2.45) is 11.8 Å². The van der Waals surface area contributed by atoms with Gasteiger partial charge in [-0.2, -0.15) is 0 Å². The Kier molecular flexibility index (Phi) is 3.68. The number of aliphatic carboxylic acids is 1. The van der Waals surface area contributed by atoms with Gasteiger partial charge in [-0.1, -0.05) is 37.1 Å². The standard InChI is InChI=1S/C17H19NO2/c19-17(20)15(12-5-1-2-6-12)11-14-8-3-7-13-9-4-10-18-16(13)14/h3-4,7-10,12,15H,1-2,5-6,11H2,(H,19,20). The lowest BCUT2D eigenvalue weighted by Crippen LogP contribution is -2.24. The number of rotatable bonds is 4. The Hall–Kier alpha value is -1.90. The number of nitrogens with zero attached hydrogens (tertiary/aromatic N) is 1. The molecule has 1 N–H and O–H groups in total. The third-order valence-electron chi connectivity index (χ3n) is 4.44. The summed E-state index contributed by atoms with van der Waals surface area (Å²) in [7, 11) is 0. The van der Waals surface area contributed by atoms with Gasteiger partial charge >= 0.3 is 5.97 Å². The van der Waals surface area contributed by atoms with E-state index in [1.807, 2.05) is 30.3 Å². The van der Waals surface area contributed by atoms with Crippen LogP contribution in [0.1, 0.15) is 31.2 Å². The van der Waals surface area contributed by atoms with Crippen molar-refractivity contribution in [2.75, 3.05) is 0 Å². The number of pyridine rings is 1. The molecule has 3 heteroatoms. The first kappa shape index (κ1) is 13.1. The zero-order chi connectivity index (χ0) is 13.9. The molecule has 1 atom stereocenters. The molecule has 104 valence electrons. The molecule has 0 spiro atoms. The molecule has 2 aromatic rings. The van der Waals surface area contributed by atoms with E-state index in [0.29, 0.717) is 12.3 Å². The molecule has 1 heterocycles. The Morgan fingerprint density at radius 1 is 1.25 bits per heavy atom. The molecule has 3 nitrogen and oxygen atoms in total. The summed E-state index contributed by atoms with van der Waals surface area (Å²) < 4.78 is 0. The Bertz CT molecular complexity index is 612. The number of aromatic nitrogens is 1. The SMILES string of the molecule is O=C(O)C(Cc1cccc2cccnc12)C1CCCC1. The molecule has 1 unspecified atom stereocenters. The smallest absolute Gasteiger partial charge is 0.307 e. The number of fused-ring (bicyclic) bond motifs is 1. The second-order valence-electron chi connectivity index (χ2n) is 5.69. The minimum Gasteiger partial charge on any atom is -0.481 e. The largest absolute Gasteiger partial charge is 0.481 e. The predicted molar refractivity (Wildman–Crippen MR) is 78.5 cm³/mol. The van der Waals surface area contributed by atoms with E-state index in [2.05, 4.69) is 4.98 Å². The van der Waals surface area contributed by atoms with Crippen molar-refractivity contribution in [2.45, 2.75) is 32.1 Å². The zero-order valence-corrected chi connectivity index (χ0v) is 11.5. The van der Waals surface area contributed by atoms with Crippen LogP contribution in [0.15, 0.2) is 36.5 Å². The molecule has 1 aliphatic rings. The molecule has 0 amide bonds. The maximum atomic E-state index is 11.6. The monoisotopic (exact) mass is 269 g/mol. The molecular formula is C17H19NO2. The van der Waals surface area contributed by atoms with E-state index >= 15 is 0 Å². The summed E-state index contributed by atoms with van der Waals surface area (Å²) in [6, 6.07) is 9.97. The van der Waals surface area contributed by atoms with Crippen LogP contribution in [0.4, 0.5) is 0 Å². The molecule has 3 rings (SSSR count). The summed E-state index contributed by atoms with van der Waals surface area (Å²) in [4.78, 5) is 16.0. The van der Waals surface area contributed by atoms with Crippen molar-refractivity contribution in [1.82, 2.24) is 4.98 Å². The normalized spacial score (nSPS) is 17.4. The van der Waals surface area contributed by atoms with Gasteiger partial charge in [0.15, 0.2) is 0 Å². The molecule has 1 fully saturated rings. The first-order chi connectivity index (χ1) is 9.75. The fourth-order valence-corrected chi connectivity index (χ4v) is 3.38. The van der Waals surface area contributed by atoms with Crippen LogP contribution in [-0.2, 0) is 11.2 Å². The number of carbonyl (C=O) groups is 1. The third-order valence-corrected chi connectivity index (χ3v) is 4.44. The van der Waals surface area contributed by atoms with Crippen LogP contribution < -0.4 is 0 Å². The highest BCUT2D eigenvalue weighted by Crippen LogP contribution is 2.34. The predicted octanol–water partition coefficient (Wildman–Crippen LogP) is 3.67. The summed E-state index contributed by atoms with van der Waals surface area (Å²) in [5.41, 5.74) is 2.00. The van der Waals surface area contributed by atoms with Crippen LogP contribution in [0, 0.1) is 11.8 Å². The summed E-state index contributed by atoms with van der Waals surface area (Å²) in [6.07, 6.45) is 6.81. The van der Waals surface area contributed by atoms with E-state index in [0.717, 1.165) is 29.3 Å². The van der Waals surface area contributed by atoms with Gasteiger partial charge in [0.25, 0.3) is 0 Å². The Labute approximate surface area is 118 Å². The highest BCUT2D eigenvalue weighted by molar-refractivity contribution is 5.82. The van der Waals surface area contributed by atoms with Crippen molar-refractivity contribution < 1.29 is 9.90 Å². The van der Waals surface area contributed by atoms with Gasteiger partial charge in [-0.15, -0.1) is 0 Å². The second-order valence-corrected chi connectivity index (χ2v) is 5.69. The average Bonchev–Trinajstić information content (AvgIpc) is 2.98. The van der Waals surface area contributed by atoms with Gasteiger partial charge in [-0.05, 0) is 36.8 Å². The van der Waals surface area contributed by atoms with Gasteiger partial charge in [-0.3, -0.25) is 9.78 Å². The second kappa shape index (κ2) is 5.61. The minimum atomic E-state index is -0.662. The quantitative estimate of drug-likeness (QED) is 0.921. The maximum absolute atomic E-state index is 11.6. The number of hydrogen-bond acceptors (Lipinski definition) is 2. The van der Waals surface area contributed by atoms with E-state index in [4.69, 9.17) is 0 Å². The minimum absolute atomic E-state index is 0.273. The van der Waals surface area contributed by atoms with Crippen LogP contribution in [0.3, 0.4) is 0 Å². The summed E-state index contributed by atoms with van der Waals surface area (Å²) in [6.45, 7) is 0. The van der Waals surface area contributed by atoms with Gasteiger partial charge in [0.1, 0.15) is 0 Å². The highest BCUT2D eigenvalue weighted by atomic mass is 16.4. The number of para-hydroxylation sites is 1. The summed E-state index contributed by atoms with van der Waals surface area (Å²) in [5.74, 6) is -0.610. The molecule has 20 heavy (non-hydrogen) atoms. The number of carboxylic acid groups (broad SMARTS) is 1. The third kappa shape index (κ3) is 2.53. The number of carboxylic acids is 1. The fourth-order valence-electron chi connectivity index (χ4n) is 3.38. The zero-order valence-electron chi connectivity index (χ0n) is 11.5. The van der Waals surface area contributed by atoms with Crippen molar-refractivity contribution >= 4 is 16.9 Å². The molecule has 1 aliphatic carbocycles. The van der Waals surface area contributed by atoms with Gasteiger partial charge in [0, 0.05) is 11.6 Å². The Morgan fingerprint density at radius 2 is 2.00 bits per heavy atom. The molecular weight excluding hydrogens is 250 g/mol. The average molecular weight is 269 g/mol. The van der Waals surface area contributed by atoms with Crippen LogP contribution in [0.2, 0.25) is 0 Å². The van der Waals surface area contributed by atoms with Gasteiger partial charge < -0.3 is 5.11 Å². The van der Waals surface area contributed by atoms with Crippen molar-refractivity contribution in [3.05, 3.63) is 42.1 Å². The van der Waals surface area contributed by atoms with E-state index < -0.39 is 5.97 Å². The number of hydrogen-bond donors (Lipinski definition) is 1. The van der Waals surface area contributed by atoms with Crippen molar-refractivity contribution in [3.63, 3.8) is 0 Å². The van der Waals surface area contributed by atoms with Gasteiger partial charge in [0.05, 0.1) is 11.4 Å². The van der Waals surface area contributed by atoms with Crippen molar-refractivity contribution in [1.29, 1.82) is 0 Å². The molecule has 1 aromatic carbocycles. The summed E-state index contributed by atoms with van der Waals surface area (Å²) >= 11 is 0. The van der Waals surface area contributed by atoms with Crippen LogP contribution >= 0.6 is 0 Å². The van der Waals surface area contributed by atoms with Gasteiger partial charge in [-0.25, -0.2) is 0 Å². The van der Waals surface area contributed by atoms with Gasteiger partial charge in [0.2, 0.25) is 0 Å². The fraction of sp³-hybridized carbons (Fsp3) is 0.412. The molecule has 1 saturated carbocycles. The van der Waals surface area contributed by atoms with Crippen molar-refractivity contribution in [3.8, 4) is 0 Å². The van der Waals surface area contributed by atoms with E-state index in [1.165, 1.54) is 12.8 Å². The Morgan fingerprint density at radius 3 is 2.75 bits per heavy atom. The Balaban J connectivity index is 1.92. The van der Waals surface area contributed by atoms with E-state index in [-0.39, 0.29) is 5.92 Å². The molecule has 0 saturated heterocycles. The topological polar surface area (TPSA) is 50.2 Å². The molecule has 0 bridgehead atoms. The lowest BCUT2D eigenvalue weighted by Gasteiger charge is -2.19. The summed E-state index contributed by atoms with van der Waals surface area (Å²) in [5, 5.41) is 10.6. The van der Waals surface area contributed by atoms with Crippen LogP contribution in [0.5, 0.6) is 0 Å². The van der Waals surface area contributed by atoms with Crippen LogP contribution in [0.25, 0.3) is 10.9 Å². The lowest BCUT2D eigenvalue weighted by molar-refractivity contribution is -0.143. The maximum Gasteiger partial charge on any atom is 0.307 e. The van der Waals surface area contributed by atoms with E-state index in [9.17, 15) is 9.90 Å². The first-order valence-corrected chi connectivity index (χ1v) is 7.31. The highest BCUT2D eigenvalue weighted by Gasteiger charge is 2.30. The lowest BCUT2D eigenvalue weighted by atomic mass is 9.85. The molecule has 1 aromatic heterocycles. The number of benzene rings is 1. The molecule has 0 radical (unpaired) electrons. The van der Waals surface area contributed by atoms with Crippen LogP contribution in [-0.4, -0.2) is 16.1 Å². The van der Waals surface area contributed by atoms with E-state index in [1.54, 1.807) is 6.20 Å². The molecule has 0 aliphatic heterocycles.